The average molecular weight is 446 g/mol. The third-order valence-electron chi connectivity index (χ3n) is 6.05. The van der Waals surface area contributed by atoms with E-state index < -0.39 is 0 Å². The number of aryl methyl sites for hydroxylation is 2. The minimum atomic E-state index is 0.713. The number of hydrogen-bond acceptors (Lipinski definition) is 4. The molecule has 0 atom stereocenters. The maximum Gasteiger partial charge on any atom is 0.164 e. The number of fused-ring (bicyclic) bond motifs is 3. The van der Waals surface area contributed by atoms with Crippen LogP contribution in [0.5, 0.6) is 0 Å². The normalized spacial score (nSPS) is 13.6. The molecule has 2 aromatic heterocycles. The molecular formula is C29H23N3S. The molecule has 33 heavy (non-hydrogen) atoms. The summed E-state index contributed by atoms with van der Waals surface area (Å²) in [4.78, 5) is 14.7. The maximum atomic E-state index is 4.93. The van der Waals surface area contributed by atoms with Crippen molar-refractivity contribution in [1.82, 2.24) is 15.0 Å². The van der Waals surface area contributed by atoms with Gasteiger partial charge in [0.15, 0.2) is 17.5 Å². The van der Waals surface area contributed by atoms with E-state index in [2.05, 4.69) is 92.7 Å². The third-order valence-corrected chi connectivity index (χ3v) is 7.20. The summed E-state index contributed by atoms with van der Waals surface area (Å²) in [5, 5.41) is 2.55. The summed E-state index contributed by atoms with van der Waals surface area (Å²) < 4.78 is 2.59. The van der Waals surface area contributed by atoms with Gasteiger partial charge >= 0.3 is 0 Å². The number of thiophene rings is 1. The Hall–Kier alpha value is -3.63. The Balaban J connectivity index is 1.56. The Bertz CT molecular complexity index is 1590. The molecule has 0 fully saturated rings. The summed E-state index contributed by atoms with van der Waals surface area (Å²) in [6, 6.07) is 21.6. The molecule has 1 aliphatic rings. The van der Waals surface area contributed by atoms with Gasteiger partial charge in [-0.1, -0.05) is 53.6 Å². The minimum Gasteiger partial charge on any atom is -0.208 e. The first-order chi connectivity index (χ1) is 16.1. The van der Waals surface area contributed by atoms with E-state index in [-0.39, 0.29) is 0 Å². The van der Waals surface area contributed by atoms with Crippen LogP contribution in [0.2, 0.25) is 0 Å². The highest BCUT2D eigenvalue weighted by atomic mass is 32.1. The molecule has 0 unspecified atom stereocenters. The van der Waals surface area contributed by atoms with Gasteiger partial charge in [-0.3, -0.25) is 0 Å². The van der Waals surface area contributed by atoms with Crippen molar-refractivity contribution in [3.05, 3.63) is 95.8 Å². The van der Waals surface area contributed by atoms with Gasteiger partial charge in [-0.15, -0.1) is 11.3 Å². The summed E-state index contributed by atoms with van der Waals surface area (Å²) in [7, 11) is 0. The summed E-state index contributed by atoms with van der Waals surface area (Å²) >= 11 is 1.83. The predicted octanol–water partition coefficient (Wildman–Crippen LogP) is 7.92. The minimum absolute atomic E-state index is 0.713. The molecule has 0 amide bonds. The Morgan fingerprint density at radius 2 is 1.36 bits per heavy atom. The molecule has 5 aromatic rings. The molecule has 0 N–H and O–H groups in total. The van der Waals surface area contributed by atoms with E-state index in [1.54, 1.807) is 0 Å². The lowest BCUT2D eigenvalue weighted by Gasteiger charge is -2.11. The van der Waals surface area contributed by atoms with Gasteiger partial charge in [0.1, 0.15) is 0 Å². The van der Waals surface area contributed by atoms with E-state index in [0.29, 0.717) is 11.6 Å². The fraction of sp³-hybridized carbons (Fsp3) is 0.138. The fourth-order valence-corrected chi connectivity index (χ4v) is 5.42. The van der Waals surface area contributed by atoms with E-state index in [4.69, 9.17) is 15.0 Å². The van der Waals surface area contributed by atoms with Crippen molar-refractivity contribution in [3.8, 4) is 22.8 Å². The molecule has 3 aromatic carbocycles. The number of allylic oxidation sites excluding steroid dienone is 4. The van der Waals surface area contributed by atoms with E-state index in [1.165, 1.54) is 31.3 Å². The molecule has 4 heteroatoms. The Morgan fingerprint density at radius 1 is 0.667 bits per heavy atom. The van der Waals surface area contributed by atoms with Crippen LogP contribution in [0.25, 0.3) is 48.5 Å². The summed E-state index contributed by atoms with van der Waals surface area (Å²) in [6.45, 7) is 4.24. The number of rotatable bonds is 3. The summed E-state index contributed by atoms with van der Waals surface area (Å²) in [6.07, 6.45) is 8.61. The Labute approximate surface area is 197 Å². The van der Waals surface area contributed by atoms with Crippen molar-refractivity contribution < 1.29 is 0 Å². The van der Waals surface area contributed by atoms with Crippen LogP contribution in [0.4, 0.5) is 0 Å². The molecule has 6 rings (SSSR count). The molecule has 160 valence electrons. The van der Waals surface area contributed by atoms with E-state index in [1.807, 2.05) is 11.3 Å². The molecule has 3 nitrogen and oxygen atoms in total. The van der Waals surface area contributed by atoms with Gasteiger partial charge in [-0.25, -0.2) is 15.0 Å². The van der Waals surface area contributed by atoms with Crippen molar-refractivity contribution in [1.29, 1.82) is 0 Å². The van der Waals surface area contributed by atoms with Gasteiger partial charge in [0, 0.05) is 36.9 Å². The van der Waals surface area contributed by atoms with Crippen LogP contribution >= 0.6 is 11.3 Å². The smallest absolute Gasteiger partial charge is 0.164 e. The quantitative estimate of drug-likeness (QED) is 0.283. The lowest BCUT2D eigenvalue weighted by molar-refractivity contribution is 1.01. The first-order valence-electron chi connectivity index (χ1n) is 11.3. The van der Waals surface area contributed by atoms with E-state index in [0.717, 1.165) is 35.4 Å². The number of nitrogens with zero attached hydrogens (tertiary/aromatic N) is 3. The van der Waals surface area contributed by atoms with Gasteiger partial charge in [0.25, 0.3) is 0 Å². The largest absolute Gasteiger partial charge is 0.208 e. The van der Waals surface area contributed by atoms with Crippen LogP contribution in [0, 0.1) is 13.8 Å². The van der Waals surface area contributed by atoms with Crippen LogP contribution in [0.1, 0.15) is 29.8 Å². The highest BCUT2D eigenvalue weighted by Crippen LogP contribution is 2.36. The zero-order chi connectivity index (χ0) is 22.4. The Kier molecular flexibility index (Phi) is 4.88. The first-order valence-corrected chi connectivity index (χ1v) is 12.1. The molecule has 0 radical (unpaired) electrons. The molecular weight excluding hydrogens is 422 g/mol. The highest BCUT2D eigenvalue weighted by Gasteiger charge is 2.15. The van der Waals surface area contributed by atoms with Crippen molar-refractivity contribution in [2.24, 2.45) is 0 Å². The molecule has 0 bridgehead atoms. The van der Waals surface area contributed by atoms with Crippen LogP contribution < -0.4 is 0 Å². The first kappa shape index (κ1) is 20.0. The van der Waals surface area contributed by atoms with E-state index >= 15 is 0 Å². The van der Waals surface area contributed by atoms with Gasteiger partial charge < -0.3 is 0 Å². The number of aromatic nitrogens is 3. The Morgan fingerprint density at radius 3 is 2.12 bits per heavy atom. The fourth-order valence-electron chi connectivity index (χ4n) is 4.36. The van der Waals surface area contributed by atoms with Gasteiger partial charge in [0.2, 0.25) is 0 Å². The second kappa shape index (κ2) is 8.05. The molecule has 0 spiro atoms. The lowest BCUT2D eigenvalue weighted by atomic mass is 10.1. The molecule has 0 saturated heterocycles. The van der Waals surface area contributed by atoms with Crippen LogP contribution in [-0.4, -0.2) is 15.0 Å². The van der Waals surface area contributed by atoms with Crippen molar-refractivity contribution >= 4 is 37.1 Å². The average Bonchev–Trinajstić information content (AvgIpc) is 3.21. The third kappa shape index (κ3) is 3.77. The van der Waals surface area contributed by atoms with Crippen LogP contribution in [0.3, 0.4) is 0 Å². The van der Waals surface area contributed by atoms with Gasteiger partial charge in [0.05, 0.1) is 0 Å². The molecule has 0 aliphatic heterocycles. The zero-order valence-electron chi connectivity index (χ0n) is 18.7. The van der Waals surface area contributed by atoms with Crippen molar-refractivity contribution in [3.63, 3.8) is 0 Å². The van der Waals surface area contributed by atoms with Crippen LogP contribution in [0.15, 0.2) is 78.9 Å². The summed E-state index contributed by atoms with van der Waals surface area (Å²) in [5.74, 6) is 2.16. The second-order valence-corrected chi connectivity index (χ2v) is 9.71. The van der Waals surface area contributed by atoms with E-state index in [9.17, 15) is 0 Å². The highest BCUT2D eigenvalue weighted by molar-refractivity contribution is 7.25. The topological polar surface area (TPSA) is 38.7 Å². The monoisotopic (exact) mass is 445 g/mol. The molecule has 2 heterocycles. The molecule has 1 aliphatic carbocycles. The standard InChI is InChI=1S/C29H23N3S/c1-18-7-6-10-21(15-18)28-30-27(20-8-4-3-5-9-20)31-29(32-28)22-12-14-26-24(17-22)23-16-19(2)11-13-25(23)33-26/h4,6-17H,3,5H2,1-2H3. The summed E-state index contributed by atoms with van der Waals surface area (Å²) in [5.41, 5.74) is 5.55. The maximum absolute atomic E-state index is 4.93. The predicted molar refractivity (Wildman–Crippen MR) is 139 cm³/mol. The zero-order valence-corrected chi connectivity index (χ0v) is 19.5. The molecule has 0 saturated carbocycles. The number of hydrogen-bond donors (Lipinski definition) is 0. The van der Waals surface area contributed by atoms with Crippen molar-refractivity contribution in [2.75, 3.05) is 0 Å². The number of benzene rings is 3. The van der Waals surface area contributed by atoms with Gasteiger partial charge in [-0.05, 0) is 63.1 Å². The van der Waals surface area contributed by atoms with Crippen LogP contribution in [-0.2, 0) is 0 Å². The lowest BCUT2D eigenvalue weighted by Crippen LogP contribution is -2.03. The van der Waals surface area contributed by atoms with Crippen molar-refractivity contribution in [2.45, 2.75) is 26.7 Å². The second-order valence-electron chi connectivity index (χ2n) is 8.63. The van der Waals surface area contributed by atoms with Gasteiger partial charge in [-0.2, -0.15) is 0 Å². The SMILES string of the molecule is Cc1cccc(-c2nc(C3=CCCC=C3)nc(-c3ccc4sc5ccc(C)cc5c4c3)n2)c1.